The van der Waals surface area contributed by atoms with Crippen molar-refractivity contribution >= 4 is 0 Å². The lowest BCUT2D eigenvalue weighted by Crippen LogP contribution is -2.24. The number of ether oxygens (including phenoxy) is 2. The molecule has 0 saturated heterocycles. The Labute approximate surface area is 116 Å². The van der Waals surface area contributed by atoms with Crippen LogP contribution >= 0.6 is 0 Å². The van der Waals surface area contributed by atoms with Crippen LogP contribution in [-0.4, -0.2) is 24.7 Å². The summed E-state index contributed by atoms with van der Waals surface area (Å²) in [6.45, 7) is 0.413. The number of hydrogen-bond donors (Lipinski definition) is 1. The molecule has 0 amide bonds. The van der Waals surface area contributed by atoms with Gasteiger partial charge in [0, 0.05) is 41.9 Å². The van der Waals surface area contributed by atoms with Crippen LogP contribution in [-0.2, 0) is 6.42 Å². The van der Waals surface area contributed by atoms with E-state index in [1.807, 2.05) is 6.07 Å². The van der Waals surface area contributed by atoms with Gasteiger partial charge in [0.1, 0.15) is 17.7 Å². The second-order valence-electron chi connectivity index (χ2n) is 4.71. The maximum atomic E-state index is 13.8. The molecule has 0 fully saturated rings. The van der Waals surface area contributed by atoms with Gasteiger partial charge in [-0.15, -0.1) is 0 Å². The van der Waals surface area contributed by atoms with Crippen LogP contribution in [0.1, 0.15) is 5.56 Å². The van der Waals surface area contributed by atoms with Crippen molar-refractivity contribution in [2.45, 2.75) is 12.5 Å². The van der Waals surface area contributed by atoms with Crippen molar-refractivity contribution in [2.75, 3.05) is 13.7 Å². The minimum atomic E-state index is -0.282. The van der Waals surface area contributed by atoms with Gasteiger partial charge in [0.25, 0.3) is 0 Å². The number of aromatic nitrogens is 1. The maximum Gasteiger partial charge on any atom is 0.212 e. The normalized spacial score (nSPS) is 16.6. The summed E-state index contributed by atoms with van der Waals surface area (Å²) >= 11 is 0. The Balaban J connectivity index is 2.05. The molecule has 0 unspecified atom stereocenters. The lowest BCUT2D eigenvalue weighted by Gasteiger charge is -2.11. The molecule has 0 saturated carbocycles. The van der Waals surface area contributed by atoms with Gasteiger partial charge in [-0.25, -0.2) is 9.37 Å². The molecule has 20 heavy (non-hydrogen) atoms. The van der Waals surface area contributed by atoms with Crippen LogP contribution in [0, 0.1) is 5.82 Å². The SMILES string of the molecule is COc1ccc(-c2cc(F)cc3c2O[C@H](CN)C3)cn1. The van der Waals surface area contributed by atoms with E-state index in [1.54, 1.807) is 19.4 Å². The molecule has 2 heterocycles. The number of pyridine rings is 1. The highest BCUT2D eigenvalue weighted by atomic mass is 19.1. The lowest BCUT2D eigenvalue weighted by molar-refractivity contribution is 0.242. The van der Waals surface area contributed by atoms with Crippen LogP contribution in [0.4, 0.5) is 4.39 Å². The first-order valence-corrected chi connectivity index (χ1v) is 6.41. The molecule has 1 atom stereocenters. The summed E-state index contributed by atoms with van der Waals surface area (Å²) < 4.78 is 24.6. The maximum absolute atomic E-state index is 13.8. The van der Waals surface area contributed by atoms with E-state index in [9.17, 15) is 4.39 Å². The van der Waals surface area contributed by atoms with Gasteiger partial charge in [-0.3, -0.25) is 0 Å². The summed E-state index contributed by atoms with van der Waals surface area (Å²) in [5, 5.41) is 0. The third-order valence-electron chi connectivity index (χ3n) is 3.38. The Morgan fingerprint density at radius 1 is 1.45 bits per heavy atom. The van der Waals surface area contributed by atoms with Crippen molar-refractivity contribution in [1.29, 1.82) is 0 Å². The van der Waals surface area contributed by atoms with Gasteiger partial charge in [0.15, 0.2) is 0 Å². The molecule has 1 aromatic heterocycles. The van der Waals surface area contributed by atoms with E-state index >= 15 is 0 Å². The molecule has 0 radical (unpaired) electrons. The van der Waals surface area contributed by atoms with Crippen molar-refractivity contribution in [3.05, 3.63) is 41.8 Å². The zero-order valence-corrected chi connectivity index (χ0v) is 11.1. The van der Waals surface area contributed by atoms with E-state index in [2.05, 4.69) is 4.98 Å². The first-order valence-electron chi connectivity index (χ1n) is 6.41. The van der Waals surface area contributed by atoms with Crippen molar-refractivity contribution in [3.8, 4) is 22.8 Å². The molecule has 3 rings (SSSR count). The van der Waals surface area contributed by atoms with Gasteiger partial charge in [-0.2, -0.15) is 0 Å². The molecular weight excluding hydrogens is 259 g/mol. The minimum absolute atomic E-state index is 0.0863. The van der Waals surface area contributed by atoms with E-state index in [0.717, 1.165) is 11.1 Å². The third-order valence-corrected chi connectivity index (χ3v) is 3.38. The quantitative estimate of drug-likeness (QED) is 0.931. The molecule has 1 aliphatic rings. The Morgan fingerprint density at radius 3 is 2.95 bits per heavy atom. The van der Waals surface area contributed by atoms with Crippen LogP contribution in [0.3, 0.4) is 0 Å². The van der Waals surface area contributed by atoms with Gasteiger partial charge in [-0.1, -0.05) is 0 Å². The van der Waals surface area contributed by atoms with Crippen molar-refractivity contribution < 1.29 is 13.9 Å². The second kappa shape index (κ2) is 5.09. The molecule has 2 N–H and O–H groups in total. The zero-order chi connectivity index (χ0) is 14.1. The van der Waals surface area contributed by atoms with Crippen LogP contribution in [0.2, 0.25) is 0 Å². The molecule has 5 heteroatoms. The van der Waals surface area contributed by atoms with Crippen molar-refractivity contribution in [1.82, 2.24) is 4.98 Å². The Bertz CT molecular complexity index is 629. The largest absolute Gasteiger partial charge is 0.488 e. The first-order chi connectivity index (χ1) is 9.71. The van der Waals surface area contributed by atoms with Gasteiger partial charge >= 0.3 is 0 Å². The Kier molecular flexibility index (Phi) is 3.28. The van der Waals surface area contributed by atoms with Crippen LogP contribution in [0.15, 0.2) is 30.5 Å². The Morgan fingerprint density at radius 2 is 2.30 bits per heavy atom. The molecular formula is C15H15FN2O2. The summed E-state index contributed by atoms with van der Waals surface area (Å²) in [7, 11) is 1.55. The number of fused-ring (bicyclic) bond motifs is 1. The summed E-state index contributed by atoms with van der Waals surface area (Å²) in [6, 6.07) is 6.54. The van der Waals surface area contributed by atoms with Crippen LogP contribution < -0.4 is 15.2 Å². The predicted octanol–water partition coefficient (Wildman–Crippen LogP) is 2.16. The monoisotopic (exact) mass is 274 g/mol. The molecule has 0 aliphatic carbocycles. The molecule has 1 aliphatic heterocycles. The smallest absolute Gasteiger partial charge is 0.212 e. The minimum Gasteiger partial charge on any atom is -0.488 e. The van der Waals surface area contributed by atoms with E-state index in [0.29, 0.717) is 30.2 Å². The standard InChI is InChI=1S/C15H15FN2O2/c1-19-14-3-2-9(8-18-14)13-6-11(16)4-10-5-12(7-17)20-15(10)13/h2-4,6,8,12H,5,7,17H2,1H3/t12-/m0/s1. The average molecular weight is 274 g/mol. The van der Waals surface area contributed by atoms with E-state index in [1.165, 1.54) is 12.1 Å². The van der Waals surface area contributed by atoms with Crippen LogP contribution in [0.25, 0.3) is 11.1 Å². The highest BCUT2D eigenvalue weighted by Crippen LogP contribution is 2.39. The number of hydrogen-bond acceptors (Lipinski definition) is 4. The number of halogens is 1. The number of nitrogens with zero attached hydrogens (tertiary/aromatic N) is 1. The fourth-order valence-corrected chi connectivity index (χ4v) is 2.40. The number of rotatable bonds is 3. The number of nitrogens with two attached hydrogens (primary N) is 1. The number of benzene rings is 1. The van der Waals surface area contributed by atoms with E-state index < -0.39 is 0 Å². The van der Waals surface area contributed by atoms with Gasteiger partial charge in [0.05, 0.1) is 7.11 Å². The Hall–Kier alpha value is -2.14. The fourth-order valence-electron chi connectivity index (χ4n) is 2.40. The van der Waals surface area contributed by atoms with Gasteiger partial charge in [-0.05, 0) is 18.2 Å². The molecule has 4 nitrogen and oxygen atoms in total. The highest BCUT2D eigenvalue weighted by Gasteiger charge is 2.26. The number of methoxy groups -OCH3 is 1. The topological polar surface area (TPSA) is 57.4 Å². The van der Waals surface area contributed by atoms with E-state index in [4.69, 9.17) is 15.2 Å². The van der Waals surface area contributed by atoms with Crippen LogP contribution in [0.5, 0.6) is 11.6 Å². The van der Waals surface area contributed by atoms with Crippen molar-refractivity contribution in [2.24, 2.45) is 5.73 Å². The molecule has 0 spiro atoms. The molecule has 2 aromatic rings. The molecule has 104 valence electrons. The molecule has 1 aromatic carbocycles. The summed E-state index contributed by atoms with van der Waals surface area (Å²) in [5.41, 5.74) is 7.97. The molecule has 0 bridgehead atoms. The van der Waals surface area contributed by atoms with Crippen molar-refractivity contribution in [3.63, 3.8) is 0 Å². The average Bonchev–Trinajstić information content (AvgIpc) is 2.89. The van der Waals surface area contributed by atoms with Gasteiger partial charge < -0.3 is 15.2 Å². The summed E-state index contributed by atoms with van der Waals surface area (Å²) in [4.78, 5) is 4.14. The fraction of sp³-hybridized carbons (Fsp3) is 0.267. The summed E-state index contributed by atoms with van der Waals surface area (Å²) in [6.07, 6.45) is 2.20. The highest BCUT2D eigenvalue weighted by molar-refractivity contribution is 5.72. The van der Waals surface area contributed by atoms with E-state index in [-0.39, 0.29) is 11.9 Å². The van der Waals surface area contributed by atoms with Gasteiger partial charge in [0.2, 0.25) is 5.88 Å². The zero-order valence-electron chi connectivity index (χ0n) is 11.1. The summed E-state index contributed by atoms with van der Waals surface area (Å²) in [5.74, 6) is 0.937. The first kappa shape index (κ1) is 12.9. The third kappa shape index (κ3) is 2.20. The lowest BCUT2D eigenvalue weighted by atomic mass is 10.0. The predicted molar refractivity (Wildman–Crippen MR) is 73.4 cm³/mol. The second-order valence-corrected chi connectivity index (χ2v) is 4.71.